The van der Waals surface area contributed by atoms with Crippen LogP contribution in [0.3, 0.4) is 0 Å². The van der Waals surface area contributed by atoms with E-state index >= 15 is 0 Å². The van der Waals surface area contributed by atoms with Crippen LogP contribution in [0.5, 0.6) is 5.75 Å². The molecule has 0 radical (unpaired) electrons. The van der Waals surface area contributed by atoms with Gasteiger partial charge in [-0.1, -0.05) is 29.8 Å². The number of ether oxygens (including phenoxy) is 2. The lowest BCUT2D eigenvalue weighted by Gasteiger charge is -2.13. The molecule has 146 valence electrons. The predicted octanol–water partition coefficient (Wildman–Crippen LogP) is 3.44. The van der Waals surface area contributed by atoms with Crippen molar-refractivity contribution in [1.29, 1.82) is 0 Å². The van der Waals surface area contributed by atoms with Gasteiger partial charge >= 0.3 is 5.97 Å². The highest BCUT2D eigenvalue weighted by atomic mass is 32.1. The Morgan fingerprint density at radius 1 is 1.03 bits per heavy atom. The average Bonchev–Trinajstić information content (AvgIpc) is 3.30. The summed E-state index contributed by atoms with van der Waals surface area (Å²) in [5, 5.41) is 2.16. The Bertz CT molecular complexity index is 1060. The molecule has 2 heterocycles. The quantitative estimate of drug-likeness (QED) is 0.459. The maximum Gasteiger partial charge on any atom is 0.359 e. The summed E-state index contributed by atoms with van der Waals surface area (Å²) in [5.41, 5.74) is 1.85. The topological polar surface area (TPSA) is 85.8 Å². The third kappa shape index (κ3) is 3.88. The lowest BCUT2D eigenvalue weighted by Crippen LogP contribution is -2.33. The van der Waals surface area contributed by atoms with Crippen LogP contribution in [-0.4, -0.2) is 34.4 Å². The van der Waals surface area contributed by atoms with Crippen molar-refractivity contribution in [3.05, 3.63) is 81.3 Å². The van der Waals surface area contributed by atoms with Crippen LogP contribution < -0.4 is 4.74 Å². The number of hydrogen-bond acceptors (Lipinski definition) is 7. The molecule has 0 aliphatic carbocycles. The third-order valence-electron chi connectivity index (χ3n) is 4.35. The summed E-state index contributed by atoms with van der Waals surface area (Å²) in [6.07, 6.45) is 0. The second-order valence-electron chi connectivity index (χ2n) is 6.37. The molecule has 0 saturated carbocycles. The van der Waals surface area contributed by atoms with E-state index in [9.17, 15) is 14.4 Å². The molecule has 2 amide bonds. The first kappa shape index (κ1) is 18.8. The van der Waals surface area contributed by atoms with Gasteiger partial charge < -0.3 is 9.47 Å². The Balaban J connectivity index is 1.33. The smallest absolute Gasteiger partial charge is 0.359 e. The highest BCUT2D eigenvalue weighted by Crippen LogP contribution is 2.22. The number of aromatic nitrogens is 1. The minimum absolute atomic E-state index is 0.106. The fraction of sp³-hybridized carbons (Fsp3) is 0.143. The third-order valence-corrected chi connectivity index (χ3v) is 5.17. The monoisotopic (exact) mass is 408 g/mol. The number of rotatable bonds is 6. The van der Waals surface area contributed by atoms with Gasteiger partial charge in [-0.05, 0) is 31.2 Å². The molecule has 0 spiro atoms. The van der Waals surface area contributed by atoms with E-state index in [4.69, 9.17) is 9.47 Å². The molecule has 0 unspecified atom stereocenters. The van der Waals surface area contributed by atoms with Gasteiger partial charge in [0.1, 0.15) is 17.4 Å². The van der Waals surface area contributed by atoms with Gasteiger partial charge in [-0.2, -0.15) is 0 Å². The van der Waals surface area contributed by atoms with Crippen molar-refractivity contribution in [3.63, 3.8) is 0 Å². The molecule has 29 heavy (non-hydrogen) atoms. The SMILES string of the molecule is Cc1ccc(OCc2nc(C(=O)OCN3C(=O)c4ccccc4C3=O)cs2)cc1. The summed E-state index contributed by atoms with van der Waals surface area (Å²) >= 11 is 1.26. The van der Waals surface area contributed by atoms with Crippen molar-refractivity contribution in [2.45, 2.75) is 13.5 Å². The maximum absolute atomic E-state index is 12.3. The van der Waals surface area contributed by atoms with E-state index in [0.717, 1.165) is 10.5 Å². The summed E-state index contributed by atoms with van der Waals surface area (Å²) < 4.78 is 10.8. The number of esters is 1. The first-order chi connectivity index (χ1) is 14.0. The number of carbonyl (C=O) groups excluding carboxylic acids is 3. The van der Waals surface area contributed by atoms with Crippen molar-refractivity contribution in [1.82, 2.24) is 9.88 Å². The van der Waals surface area contributed by atoms with Gasteiger partial charge in [-0.3, -0.25) is 9.59 Å². The molecule has 1 aliphatic rings. The summed E-state index contributed by atoms with van der Waals surface area (Å²) in [6.45, 7) is 1.75. The number of nitrogens with zero attached hydrogens (tertiary/aromatic N) is 2. The average molecular weight is 408 g/mol. The first-order valence-electron chi connectivity index (χ1n) is 8.79. The van der Waals surface area contributed by atoms with Crippen LogP contribution >= 0.6 is 11.3 Å². The standard InChI is InChI=1S/C21H16N2O5S/c1-13-6-8-14(9-7-13)27-10-18-22-17(11-29-18)21(26)28-12-23-19(24)15-4-2-3-5-16(15)20(23)25/h2-9,11H,10,12H2,1H3. The van der Waals surface area contributed by atoms with Gasteiger partial charge in [0, 0.05) is 5.38 Å². The van der Waals surface area contributed by atoms with E-state index in [1.165, 1.54) is 11.3 Å². The first-order valence-corrected chi connectivity index (χ1v) is 9.67. The Labute approximate surface area is 170 Å². The fourth-order valence-corrected chi connectivity index (χ4v) is 3.48. The lowest BCUT2D eigenvalue weighted by molar-refractivity contribution is 0.0224. The van der Waals surface area contributed by atoms with Crippen LogP contribution in [0, 0.1) is 6.92 Å². The molecule has 3 aromatic rings. The molecular weight excluding hydrogens is 392 g/mol. The van der Waals surface area contributed by atoms with Gasteiger partial charge in [0.15, 0.2) is 12.4 Å². The highest BCUT2D eigenvalue weighted by Gasteiger charge is 2.35. The molecule has 0 bridgehead atoms. The number of amides is 2. The molecule has 0 N–H and O–H groups in total. The summed E-state index contributed by atoms with van der Waals surface area (Å²) in [7, 11) is 0. The number of benzene rings is 2. The second-order valence-corrected chi connectivity index (χ2v) is 7.32. The molecule has 1 aromatic heterocycles. The zero-order chi connectivity index (χ0) is 20.4. The van der Waals surface area contributed by atoms with Crippen LogP contribution in [0.15, 0.2) is 53.9 Å². The highest BCUT2D eigenvalue weighted by molar-refractivity contribution is 7.09. The van der Waals surface area contributed by atoms with Gasteiger partial charge in [0.25, 0.3) is 11.8 Å². The molecule has 1 aliphatic heterocycles. The van der Waals surface area contributed by atoms with Gasteiger partial charge in [-0.15, -0.1) is 11.3 Å². The Morgan fingerprint density at radius 2 is 1.69 bits per heavy atom. The number of hydrogen-bond donors (Lipinski definition) is 0. The number of carbonyl (C=O) groups is 3. The van der Waals surface area contributed by atoms with Crippen LogP contribution in [0.25, 0.3) is 0 Å². The lowest BCUT2D eigenvalue weighted by atomic mass is 10.1. The predicted molar refractivity (Wildman–Crippen MR) is 105 cm³/mol. The number of thiazole rings is 1. The Kier molecular flexibility index (Phi) is 5.09. The fourth-order valence-electron chi connectivity index (χ4n) is 2.80. The molecule has 8 heteroatoms. The Hall–Kier alpha value is -3.52. The summed E-state index contributed by atoms with van der Waals surface area (Å²) in [4.78, 5) is 41.9. The summed E-state index contributed by atoms with van der Waals surface area (Å²) in [6, 6.07) is 14.1. The number of aryl methyl sites for hydroxylation is 1. The molecular formula is C21H16N2O5S. The summed E-state index contributed by atoms with van der Waals surface area (Å²) in [5.74, 6) is -0.965. The number of fused-ring (bicyclic) bond motifs is 1. The van der Waals surface area contributed by atoms with Crippen molar-refractivity contribution in [2.24, 2.45) is 0 Å². The van der Waals surface area contributed by atoms with Crippen LogP contribution in [0.2, 0.25) is 0 Å². The van der Waals surface area contributed by atoms with Crippen LogP contribution in [0.4, 0.5) is 0 Å². The van der Waals surface area contributed by atoms with Crippen molar-refractivity contribution >= 4 is 29.1 Å². The van der Waals surface area contributed by atoms with E-state index in [1.54, 1.807) is 29.6 Å². The zero-order valence-corrected chi connectivity index (χ0v) is 16.3. The molecule has 4 rings (SSSR count). The van der Waals surface area contributed by atoms with Gasteiger partial charge in [-0.25, -0.2) is 14.7 Å². The Morgan fingerprint density at radius 3 is 2.34 bits per heavy atom. The van der Waals surface area contributed by atoms with Crippen molar-refractivity contribution in [3.8, 4) is 5.75 Å². The van der Waals surface area contributed by atoms with E-state index in [1.807, 2.05) is 31.2 Å². The molecule has 0 atom stereocenters. The van der Waals surface area contributed by atoms with Crippen LogP contribution in [0.1, 0.15) is 41.8 Å². The largest absolute Gasteiger partial charge is 0.486 e. The van der Waals surface area contributed by atoms with Crippen LogP contribution in [-0.2, 0) is 11.3 Å². The van der Waals surface area contributed by atoms with E-state index in [2.05, 4.69) is 4.98 Å². The van der Waals surface area contributed by atoms with E-state index < -0.39 is 24.5 Å². The van der Waals surface area contributed by atoms with Crippen molar-refractivity contribution < 1.29 is 23.9 Å². The molecule has 0 fully saturated rings. The minimum Gasteiger partial charge on any atom is -0.486 e. The normalized spacial score (nSPS) is 12.8. The molecule has 0 saturated heterocycles. The van der Waals surface area contributed by atoms with Gasteiger partial charge in [0.2, 0.25) is 0 Å². The molecule has 2 aromatic carbocycles. The van der Waals surface area contributed by atoms with Crippen molar-refractivity contribution in [2.75, 3.05) is 6.73 Å². The number of imide groups is 1. The minimum atomic E-state index is -0.709. The zero-order valence-electron chi connectivity index (χ0n) is 15.5. The van der Waals surface area contributed by atoms with E-state index in [0.29, 0.717) is 21.9 Å². The van der Waals surface area contributed by atoms with Gasteiger partial charge in [0.05, 0.1) is 11.1 Å². The molecule has 7 nitrogen and oxygen atoms in total. The maximum atomic E-state index is 12.3. The second kappa shape index (κ2) is 7.84. The van der Waals surface area contributed by atoms with E-state index in [-0.39, 0.29) is 12.3 Å².